The topological polar surface area (TPSA) is 45.6 Å². The summed E-state index contributed by atoms with van der Waals surface area (Å²) >= 11 is 6.16. The molecule has 3 aromatic rings. The number of hydrogen-bond donors (Lipinski definition) is 0. The van der Waals surface area contributed by atoms with Crippen molar-refractivity contribution in [2.75, 3.05) is 11.4 Å². The Morgan fingerprint density at radius 1 is 1.00 bits per heavy atom. The zero-order chi connectivity index (χ0) is 23.5. The van der Waals surface area contributed by atoms with E-state index in [4.69, 9.17) is 11.6 Å². The first kappa shape index (κ1) is 23.1. The van der Waals surface area contributed by atoms with Crippen LogP contribution in [0.4, 0.5) is 5.69 Å². The van der Waals surface area contributed by atoms with Crippen LogP contribution in [-0.4, -0.2) is 33.9 Å². The molecule has 172 valence electrons. The predicted molar refractivity (Wildman–Crippen MR) is 133 cm³/mol. The van der Waals surface area contributed by atoms with Gasteiger partial charge in [-0.25, -0.2) is 0 Å². The van der Waals surface area contributed by atoms with Gasteiger partial charge in [-0.1, -0.05) is 49.2 Å². The highest BCUT2D eigenvalue weighted by molar-refractivity contribution is 6.30. The number of fused-ring (bicyclic) bond motifs is 3. The second-order valence-electron chi connectivity index (χ2n) is 8.73. The highest BCUT2D eigenvalue weighted by Gasteiger charge is 2.37. The summed E-state index contributed by atoms with van der Waals surface area (Å²) in [4.78, 5) is 30.4. The van der Waals surface area contributed by atoms with E-state index >= 15 is 0 Å². The summed E-state index contributed by atoms with van der Waals surface area (Å²) < 4.78 is 2.13. The third kappa shape index (κ3) is 4.55. The van der Waals surface area contributed by atoms with Crippen LogP contribution in [0.3, 0.4) is 0 Å². The Morgan fingerprint density at radius 3 is 2.36 bits per heavy atom. The van der Waals surface area contributed by atoms with Gasteiger partial charge in [0, 0.05) is 23.7 Å². The molecule has 5 nitrogen and oxygen atoms in total. The minimum absolute atomic E-state index is 0.0249. The van der Waals surface area contributed by atoms with Gasteiger partial charge < -0.3 is 9.47 Å². The Hall–Kier alpha value is -3.05. The number of benzene rings is 2. The van der Waals surface area contributed by atoms with Gasteiger partial charge in [-0.3, -0.25) is 14.5 Å². The third-order valence-corrected chi connectivity index (χ3v) is 6.42. The number of anilines is 1. The van der Waals surface area contributed by atoms with E-state index in [0.717, 1.165) is 35.5 Å². The molecule has 1 aliphatic rings. The van der Waals surface area contributed by atoms with Crippen LogP contribution in [0.1, 0.15) is 57.3 Å². The van der Waals surface area contributed by atoms with E-state index in [1.807, 2.05) is 85.6 Å². The molecule has 2 heterocycles. The third-order valence-electron chi connectivity index (χ3n) is 6.17. The number of unbranched alkanes of at least 4 members (excludes halogenated alkanes) is 1. The minimum Gasteiger partial charge on any atom is -0.331 e. The van der Waals surface area contributed by atoms with Crippen molar-refractivity contribution in [3.05, 3.63) is 83.1 Å². The minimum atomic E-state index is -0.320. The van der Waals surface area contributed by atoms with E-state index in [2.05, 4.69) is 11.5 Å². The number of carbonyl (C=O) groups is 2. The number of para-hydroxylation sites is 2. The molecule has 0 saturated carbocycles. The number of hydrogen-bond acceptors (Lipinski definition) is 2. The summed E-state index contributed by atoms with van der Waals surface area (Å²) in [7, 11) is 0. The SMILES string of the molecule is CCCCC(=O)N(CC(=O)N1c2ccccc2-n2cccc2[C@H]1c1ccc(Cl)cc1)C(C)C. The molecule has 0 aliphatic carbocycles. The van der Waals surface area contributed by atoms with E-state index in [1.165, 1.54) is 0 Å². The van der Waals surface area contributed by atoms with Crippen LogP contribution in [0.5, 0.6) is 0 Å². The quantitative estimate of drug-likeness (QED) is 0.431. The first-order valence-corrected chi connectivity index (χ1v) is 11.9. The maximum absolute atomic E-state index is 13.9. The molecule has 33 heavy (non-hydrogen) atoms. The van der Waals surface area contributed by atoms with Crippen molar-refractivity contribution in [1.82, 2.24) is 9.47 Å². The molecule has 6 heteroatoms. The van der Waals surface area contributed by atoms with Gasteiger partial charge in [-0.2, -0.15) is 0 Å². The summed E-state index contributed by atoms with van der Waals surface area (Å²) in [6.45, 7) is 6.03. The zero-order valence-corrected chi connectivity index (χ0v) is 20.1. The molecule has 0 radical (unpaired) electrons. The Balaban J connectivity index is 1.77. The Labute approximate surface area is 200 Å². The Morgan fingerprint density at radius 2 is 1.70 bits per heavy atom. The lowest BCUT2D eigenvalue weighted by Crippen LogP contribution is -2.48. The first-order valence-electron chi connectivity index (χ1n) is 11.6. The van der Waals surface area contributed by atoms with Crippen molar-refractivity contribution < 1.29 is 9.59 Å². The van der Waals surface area contributed by atoms with Gasteiger partial charge in [0.1, 0.15) is 12.6 Å². The lowest BCUT2D eigenvalue weighted by Gasteiger charge is -2.40. The Kier molecular flexibility index (Phi) is 6.89. The summed E-state index contributed by atoms with van der Waals surface area (Å²) in [6, 6.07) is 19.2. The van der Waals surface area contributed by atoms with E-state index in [0.29, 0.717) is 11.4 Å². The number of carbonyl (C=O) groups excluding carboxylic acids is 2. The second kappa shape index (κ2) is 9.84. The molecule has 0 spiro atoms. The monoisotopic (exact) mass is 463 g/mol. The molecule has 0 N–H and O–H groups in total. The van der Waals surface area contributed by atoms with Crippen LogP contribution < -0.4 is 4.90 Å². The first-order chi connectivity index (χ1) is 15.9. The van der Waals surface area contributed by atoms with Crippen molar-refractivity contribution in [3.63, 3.8) is 0 Å². The standard InChI is InChI=1S/C27H30ClN3O2/c1-4-5-12-25(32)30(19(2)3)18-26(33)31-23-10-7-6-9-22(23)29-17-8-11-24(29)27(31)20-13-15-21(28)16-14-20/h6-11,13-17,19,27H,4-5,12,18H2,1-3H3/t27-/m1/s1. The van der Waals surface area contributed by atoms with Gasteiger partial charge in [0.15, 0.2) is 0 Å². The van der Waals surface area contributed by atoms with Crippen molar-refractivity contribution in [1.29, 1.82) is 0 Å². The van der Waals surface area contributed by atoms with E-state index < -0.39 is 0 Å². The van der Waals surface area contributed by atoms with Crippen LogP contribution in [0.2, 0.25) is 5.02 Å². The van der Waals surface area contributed by atoms with Gasteiger partial charge >= 0.3 is 0 Å². The molecule has 1 aliphatic heterocycles. The van der Waals surface area contributed by atoms with Crippen LogP contribution in [-0.2, 0) is 9.59 Å². The van der Waals surface area contributed by atoms with Crippen molar-refractivity contribution >= 4 is 29.1 Å². The summed E-state index contributed by atoms with van der Waals surface area (Å²) in [6.07, 6.45) is 4.25. The molecule has 2 aromatic carbocycles. The molecule has 1 atom stereocenters. The van der Waals surface area contributed by atoms with Crippen molar-refractivity contribution in [2.24, 2.45) is 0 Å². The number of amides is 2. The summed E-state index contributed by atoms with van der Waals surface area (Å²) in [5, 5.41) is 0.649. The molecule has 0 fully saturated rings. The zero-order valence-electron chi connectivity index (χ0n) is 19.4. The maximum atomic E-state index is 13.9. The van der Waals surface area contributed by atoms with E-state index in [9.17, 15) is 9.59 Å². The number of aromatic nitrogens is 1. The lowest BCUT2D eigenvalue weighted by molar-refractivity contribution is -0.137. The molecular formula is C27H30ClN3O2. The number of nitrogens with zero attached hydrogens (tertiary/aromatic N) is 3. The van der Waals surface area contributed by atoms with Crippen molar-refractivity contribution in [2.45, 2.75) is 52.1 Å². The van der Waals surface area contributed by atoms with Gasteiger partial charge in [0.25, 0.3) is 0 Å². The van der Waals surface area contributed by atoms with E-state index in [1.54, 1.807) is 4.90 Å². The average Bonchev–Trinajstić information content (AvgIpc) is 3.30. The van der Waals surface area contributed by atoms with Gasteiger partial charge in [-0.15, -0.1) is 0 Å². The molecule has 1 aromatic heterocycles. The number of rotatable bonds is 7. The van der Waals surface area contributed by atoms with Gasteiger partial charge in [-0.05, 0) is 62.2 Å². The van der Waals surface area contributed by atoms with Crippen molar-refractivity contribution in [3.8, 4) is 5.69 Å². The molecule has 0 saturated heterocycles. The molecule has 2 amide bonds. The molecular weight excluding hydrogens is 434 g/mol. The second-order valence-corrected chi connectivity index (χ2v) is 9.16. The molecule has 0 unspecified atom stereocenters. The van der Waals surface area contributed by atoms with E-state index in [-0.39, 0.29) is 30.4 Å². The largest absolute Gasteiger partial charge is 0.331 e. The fraction of sp³-hybridized carbons (Fsp3) is 0.333. The molecule has 4 rings (SSSR count). The lowest BCUT2D eigenvalue weighted by atomic mass is 9.97. The van der Waals surface area contributed by atoms with Crippen LogP contribution in [0.25, 0.3) is 5.69 Å². The summed E-state index contributed by atoms with van der Waals surface area (Å²) in [5.74, 6) is -0.0784. The molecule has 0 bridgehead atoms. The van der Waals surface area contributed by atoms with Gasteiger partial charge in [0.05, 0.1) is 17.1 Å². The predicted octanol–water partition coefficient (Wildman–Crippen LogP) is 5.99. The smallest absolute Gasteiger partial charge is 0.247 e. The van der Waals surface area contributed by atoms with Crippen LogP contribution in [0, 0.1) is 0 Å². The van der Waals surface area contributed by atoms with Crippen LogP contribution >= 0.6 is 11.6 Å². The maximum Gasteiger partial charge on any atom is 0.247 e. The highest BCUT2D eigenvalue weighted by atomic mass is 35.5. The fourth-order valence-corrected chi connectivity index (χ4v) is 4.60. The fourth-order valence-electron chi connectivity index (χ4n) is 4.47. The summed E-state index contributed by atoms with van der Waals surface area (Å²) in [5.41, 5.74) is 3.74. The van der Waals surface area contributed by atoms with Crippen LogP contribution in [0.15, 0.2) is 66.9 Å². The Bertz CT molecular complexity index is 1140. The number of halogens is 1. The highest BCUT2D eigenvalue weighted by Crippen LogP contribution is 2.42. The average molecular weight is 464 g/mol. The van der Waals surface area contributed by atoms with Gasteiger partial charge in [0.2, 0.25) is 11.8 Å². The normalized spacial score (nSPS) is 14.7.